The lowest BCUT2D eigenvalue weighted by Gasteiger charge is -2.02. The molecule has 0 saturated carbocycles. The minimum atomic E-state index is -0.465. The summed E-state index contributed by atoms with van der Waals surface area (Å²) in [6.07, 6.45) is 0. The molecule has 12 heavy (non-hydrogen) atoms. The molecule has 1 rings (SSSR count). The van der Waals surface area contributed by atoms with Crippen molar-refractivity contribution in [2.75, 3.05) is 0 Å². The zero-order valence-electron chi connectivity index (χ0n) is 6.82. The summed E-state index contributed by atoms with van der Waals surface area (Å²) in [7, 11) is 0. The first-order valence-corrected chi connectivity index (χ1v) is 4.49. The van der Waals surface area contributed by atoms with Crippen molar-refractivity contribution < 1.29 is 0 Å². The largest absolute Gasteiger partial charge is 0.307 e. The first-order valence-electron chi connectivity index (χ1n) is 3.61. The van der Waals surface area contributed by atoms with Crippen molar-refractivity contribution in [3.05, 3.63) is 29.8 Å². The molecule has 0 aliphatic rings. The number of rotatable bonds is 2. The van der Waals surface area contributed by atoms with E-state index in [0.29, 0.717) is 0 Å². The van der Waals surface area contributed by atoms with Crippen LogP contribution in [0, 0.1) is 18.3 Å². The van der Waals surface area contributed by atoms with Gasteiger partial charge >= 0.3 is 0 Å². The van der Waals surface area contributed by atoms with Gasteiger partial charge in [0.1, 0.15) is 5.37 Å². The van der Waals surface area contributed by atoms with Crippen LogP contribution in [0.15, 0.2) is 29.2 Å². The Labute approximate surface area is 76.4 Å². The quantitative estimate of drug-likeness (QED) is 0.555. The Balaban J connectivity index is 2.66. The molecule has 0 amide bonds. The van der Waals surface area contributed by atoms with Gasteiger partial charge in [0.2, 0.25) is 0 Å². The molecular weight excluding hydrogens is 168 g/mol. The van der Waals surface area contributed by atoms with Gasteiger partial charge in [-0.2, -0.15) is 5.26 Å². The van der Waals surface area contributed by atoms with Gasteiger partial charge in [-0.1, -0.05) is 29.5 Å². The second-order valence-electron chi connectivity index (χ2n) is 2.48. The second-order valence-corrected chi connectivity index (χ2v) is 3.70. The van der Waals surface area contributed by atoms with Gasteiger partial charge in [0.05, 0.1) is 6.07 Å². The van der Waals surface area contributed by atoms with E-state index in [1.165, 1.54) is 17.3 Å². The lowest BCUT2D eigenvalue weighted by molar-refractivity contribution is 1.16. The number of benzene rings is 1. The number of thioether (sulfide) groups is 1. The Kier molecular flexibility index (Phi) is 3.15. The van der Waals surface area contributed by atoms with Crippen LogP contribution in [0.25, 0.3) is 0 Å². The van der Waals surface area contributed by atoms with Crippen LogP contribution in [0.5, 0.6) is 0 Å². The summed E-state index contributed by atoms with van der Waals surface area (Å²) in [4.78, 5) is 1.04. The Hall–Kier alpha value is -0.980. The molecule has 0 saturated heterocycles. The van der Waals surface area contributed by atoms with Crippen molar-refractivity contribution in [1.82, 2.24) is 0 Å². The van der Waals surface area contributed by atoms with Crippen LogP contribution in [0.2, 0.25) is 0 Å². The van der Waals surface area contributed by atoms with E-state index in [1.807, 2.05) is 37.3 Å². The lowest BCUT2D eigenvalue weighted by Crippen LogP contribution is -2.11. The normalized spacial score (nSPS) is 12.1. The summed E-state index contributed by atoms with van der Waals surface area (Å²) in [5.74, 6) is 0. The fraction of sp³-hybridized carbons (Fsp3) is 0.222. The fourth-order valence-corrected chi connectivity index (χ4v) is 1.43. The van der Waals surface area contributed by atoms with Crippen LogP contribution >= 0.6 is 11.8 Å². The molecule has 2 nitrogen and oxygen atoms in total. The molecule has 2 N–H and O–H groups in total. The van der Waals surface area contributed by atoms with E-state index in [-0.39, 0.29) is 0 Å². The van der Waals surface area contributed by atoms with E-state index >= 15 is 0 Å². The summed E-state index contributed by atoms with van der Waals surface area (Å²) < 4.78 is 0. The maximum atomic E-state index is 8.45. The van der Waals surface area contributed by atoms with E-state index < -0.39 is 5.37 Å². The molecule has 0 aromatic heterocycles. The zero-order chi connectivity index (χ0) is 8.97. The third-order valence-electron chi connectivity index (χ3n) is 1.41. The molecule has 0 heterocycles. The van der Waals surface area contributed by atoms with Gasteiger partial charge in [-0.05, 0) is 19.1 Å². The van der Waals surface area contributed by atoms with Gasteiger partial charge in [-0.15, -0.1) is 0 Å². The average Bonchev–Trinajstić information content (AvgIpc) is 2.09. The first kappa shape index (κ1) is 9.11. The van der Waals surface area contributed by atoms with E-state index in [0.717, 1.165) is 4.90 Å². The van der Waals surface area contributed by atoms with Gasteiger partial charge in [0, 0.05) is 4.90 Å². The van der Waals surface area contributed by atoms with Crippen LogP contribution in [-0.2, 0) is 0 Å². The van der Waals surface area contributed by atoms with Crippen molar-refractivity contribution in [3.8, 4) is 6.07 Å². The van der Waals surface area contributed by atoms with Crippen LogP contribution in [-0.4, -0.2) is 5.37 Å². The van der Waals surface area contributed by atoms with E-state index in [2.05, 4.69) is 0 Å². The van der Waals surface area contributed by atoms with Crippen molar-refractivity contribution in [3.63, 3.8) is 0 Å². The molecule has 0 aliphatic carbocycles. The molecule has 3 heteroatoms. The number of nitriles is 1. The molecule has 1 aromatic rings. The van der Waals surface area contributed by atoms with Crippen molar-refractivity contribution in [2.45, 2.75) is 17.2 Å². The monoisotopic (exact) mass is 178 g/mol. The maximum Gasteiger partial charge on any atom is 0.144 e. The van der Waals surface area contributed by atoms with Gasteiger partial charge < -0.3 is 5.73 Å². The lowest BCUT2D eigenvalue weighted by atomic mass is 10.2. The fourth-order valence-electron chi connectivity index (χ4n) is 0.790. The number of hydrogen-bond donors (Lipinski definition) is 1. The minimum absolute atomic E-state index is 0.465. The molecule has 1 aromatic carbocycles. The van der Waals surface area contributed by atoms with Gasteiger partial charge in [-0.3, -0.25) is 0 Å². The second kappa shape index (κ2) is 4.15. The molecular formula is C9H10N2S. The summed E-state index contributed by atoms with van der Waals surface area (Å²) in [5.41, 5.74) is 6.66. The topological polar surface area (TPSA) is 49.8 Å². The summed E-state index contributed by atoms with van der Waals surface area (Å²) in [6.45, 7) is 2.03. The molecule has 62 valence electrons. The predicted molar refractivity (Wildman–Crippen MR) is 50.6 cm³/mol. The molecule has 0 radical (unpaired) electrons. The van der Waals surface area contributed by atoms with Crippen LogP contribution in [0.4, 0.5) is 0 Å². The number of nitrogens with zero attached hydrogens (tertiary/aromatic N) is 1. The highest BCUT2D eigenvalue weighted by Crippen LogP contribution is 2.20. The molecule has 0 aliphatic heterocycles. The highest BCUT2D eigenvalue weighted by atomic mass is 32.2. The van der Waals surface area contributed by atoms with Gasteiger partial charge in [0.15, 0.2) is 0 Å². The highest BCUT2D eigenvalue weighted by molar-refractivity contribution is 8.00. The summed E-state index contributed by atoms with van der Waals surface area (Å²) >= 11 is 1.37. The average molecular weight is 178 g/mol. The van der Waals surface area contributed by atoms with Crippen LogP contribution < -0.4 is 5.73 Å². The summed E-state index contributed by atoms with van der Waals surface area (Å²) in [6, 6.07) is 9.92. The number of nitrogens with two attached hydrogens (primary N) is 1. The van der Waals surface area contributed by atoms with Crippen molar-refractivity contribution >= 4 is 11.8 Å². The standard InChI is InChI=1S/C9H10N2S/c1-7-2-4-8(5-3-7)12-9(11)6-10/h2-5,9H,11H2,1H3. The molecule has 0 bridgehead atoms. The molecule has 1 unspecified atom stereocenters. The van der Waals surface area contributed by atoms with Crippen LogP contribution in [0.1, 0.15) is 5.56 Å². The number of aryl methyl sites for hydroxylation is 1. The third kappa shape index (κ3) is 2.57. The molecule has 0 fully saturated rings. The Bertz CT molecular complexity index is 286. The predicted octanol–water partition coefficient (Wildman–Crippen LogP) is 1.90. The van der Waals surface area contributed by atoms with E-state index in [1.54, 1.807) is 0 Å². The summed E-state index contributed by atoms with van der Waals surface area (Å²) in [5, 5.41) is 7.99. The van der Waals surface area contributed by atoms with Crippen molar-refractivity contribution in [2.24, 2.45) is 5.73 Å². The molecule has 1 atom stereocenters. The Morgan fingerprint density at radius 1 is 1.42 bits per heavy atom. The van der Waals surface area contributed by atoms with Gasteiger partial charge in [0.25, 0.3) is 0 Å². The van der Waals surface area contributed by atoms with E-state index in [9.17, 15) is 0 Å². The smallest absolute Gasteiger partial charge is 0.144 e. The Morgan fingerprint density at radius 3 is 2.50 bits per heavy atom. The zero-order valence-corrected chi connectivity index (χ0v) is 7.64. The van der Waals surface area contributed by atoms with Crippen molar-refractivity contribution in [1.29, 1.82) is 5.26 Å². The van der Waals surface area contributed by atoms with E-state index in [4.69, 9.17) is 11.0 Å². The minimum Gasteiger partial charge on any atom is -0.307 e. The van der Waals surface area contributed by atoms with Crippen LogP contribution in [0.3, 0.4) is 0 Å². The highest BCUT2D eigenvalue weighted by Gasteiger charge is 2.00. The maximum absolute atomic E-state index is 8.45. The first-order chi connectivity index (χ1) is 5.72. The molecule has 0 spiro atoms. The third-order valence-corrected chi connectivity index (χ3v) is 2.31. The Morgan fingerprint density at radius 2 is 2.00 bits per heavy atom. The van der Waals surface area contributed by atoms with Gasteiger partial charge in [-0.25, -0.2) is 0 Å². The SMILES string of the molecule is Cc1ccc(SC(N)C#N)cc1. The number of hydrogen-bond acceptors (Lipinski definition) is 3.